The number of aliphatic imine (C=N–C) groups is 1. The Morgan fingerprint density at radius 1 is 1.29 bits per heavy atom. The van der Waals surface area contributed by atoms with Crippen molar-refractivity contribution in [2.45, 2.75) is 32.7 Å². The van der Waals surface area contributed by atoms with Crippen molar-refractivity contribution in [3.63, 3.8) is 0 Å². The second-order valence-electron chi connectivity index (χ2n) is 6.26. The molecule has 0 radical (unpaired) electrons. The first-order valence-corrected chi connectivity index (χ1v) is 7.57. The van der Waals surface area contributed by atoms with Crippen LogP contribution in [-0.4, -0.2) is 25.2 Å². The smallest absolute Gasteiger partial charge is 0.216 e. The van der Waals surface area contributed by atoms with E-state index in [1.165, 1.54) is 0 Å². The number of hydrogen-bond acceptors (Lipinski definition) is 5. The number of nitrogens with two attached hydrogens (primary N) is 1. The maximum atomic E-state index is 5.93. The summed E-state index contributed by atoms with van der Waals surface area (Å²) in [5.41, 5.74) is 6.51. The molecule has 7 heteroatoms. The summed E-state index contributed by atoms with van der Waals surface area (Å²) in [5, 5.41) is 3.00. The van der Waals surface area contributed by atoms with Crippen LogP contribution in [0.15, 0.2) is 33.8 Å². The lowest BCUT2D eigenvalue weighted by atomic mass is 9.94. The molecule has 130 valence electrons. The Morgan fingerprint density at radius 2 is 2.04 bits per heavy atom. The van der Waals surface area contributed by atoms with Gasteiger partial charge in [-0.25, -0.2) is 9.98 Å². The first-order chi connectivity index (χ1) is 11.3. The minimum atomic E-state index is -0.0906. The number of methoxy groups -OCH3 is 2. The van der Waals surface area contributed by atoms with Gasteiger partial charge in [0.15, 0.2) is 5.96 Å². The standard InChI is InChI=1S/C17H24N4O3/c1-17(2,3)14-9-19-15(24-14)10-20-16(18)21-12-8-11(22-4)6-7-13(12)23-5/h6-9H,10H2,1-5H3,(H3,18,20,21). The predicted octanol–water partition coefficient (Wildman–Crippen LogP) is 2.92. The molecule has 0 saturated carbocycles. The molecule has 3 N–H and O–H groups in total. The van der Waals surface area contributed by atoms with Crippen molar-refractivity contribution in [1.29, 1.82) is 0 Å². The van der Waals surface area contributed by atoms with Gasteiger partial charge >= 0.3 is 0 Å². The van der Waals surface area contributed by atoms with Crippen LogP contribution in [0.3, 0.4) is 0 Å². The first kappa shape index (κ1) is 17.7. The van der Waals surface area contributed by atoms with Gasteiger partial charge in [-0.3, -0.25) is 0 Å². The molecule has 1 aromatic carbocycles. The molecule has 0 spiro atoms. The quantitative estimate of drug-likeness (QED) is 0.646. The summed E-state index contributed by atoms with van der Waals surface area (Å²) in [4.78, 5) is 8.47. The summed E-state index contributed by atoms with van der Waals surface area (Å²) in [6, 6.07) is 5.38. The van der Waals surface area contributed by atoms with E-state index in [-0.39, 0.29) is 17.9 Å². The lowest BCUT2D eigenvalue weighted by Gasteiger charge is -2.13. The van der Waals surface area contributed by atoms with Gasteiger partial charge in [0.1, 0.15) is 23.8 Å². The molecular weight excluding hydrogens is 308 g/mol. The molecule has 0 aliphatic heterocycles. The molecular formula is C17H24N4O3. The molecule has 2 rings (SSSR count). The fraction of sp³-hybridized carbons (Fsp3) is 0.412. The van der Waals surface area contributed by atoms with Crippen LogP contribution >= 0.6 is 0 Å². The van der Waals surface area contributed by atoms with Gasteiger partial charge in [0, 0.05) is 11.5 Å². The van der Waals surface area contributed by atoms with Gasteiger partial charge in [-0.1, -0.05) is 20.8 Å². The summed E-state index contributed by atoms with van der Waals surface area (Å²) in [7, 11) is 3.18. The summed E-state index contributed by atoms with van der Waals surface area (Å²) in [6.45, 7) is 6.43. The summed E-state index contributed by atoms with van der Waals surface area (Å²) in [6.07, 6.45) is 1.72. The fourth-order valence-electron chi connectivity index (χ4n) is 1.97. The molecule has 0 atom stereocenters. The Labute approximate surface area is 141 Å². The van der Waals surface area contributed by atoms with E-state index in [2.05, 4.69) is 36.1 Å². The molecule has 0 fully saturated rings. The number of nitrogens with zero attached hydrogens (tertiary/aromatic N) is 2. The molecule has 2 aromatic rings. The van der Waals surface area contributed by atoms with E-state index in [0.717, 1.165) is 5.76 Å². The van der Waals surface area contributed by atoms with Gasteiger partial charge in [-0.15, -0.1) is 0 Å². The zero-order valence-electron chi connectivity index (χ0n) is 14.7. The van der Waals surface area contributed by atoms with Crippen molar-refractivity contribution in [2.75, 3.05) is 19.5 Å². The highest BCUT2D eigenvalue weighted by atomic mass is 16.5. The molecule has 24 heavy (non-hydrogen) atoms. The van der Waals surface area contributed by atoms with E-state index < -0.39 is 0 Å². The van der Waals surface area contributed by atoms with Crippen LogP contribution in [0.4, 0.5) is 5.69 Å². The Kier molecular flexibility index (Phi) is 5.33. The van der Waals surface area contributed by atoms with Crippen LogP contribution in [0, 0.1) is 0 Å². The molecule has 0 aliphatic carbocycles. The number of nitrogens with one attached hydrogen (secondary N) is 1. The topological polar surface area (TPSA) is 94.9 Å². The van der Waals surface area contributed by atoms with Crippen molar-refractivity contribution < 1.29 is 13.9 Å². The van der Waals surface area contributed by atoms with Crippen molar-refractivity contribution in [3.05, 3.63) is 36.0 Å². The van der Waals surface area contributed by atoms with Crippen LogP contribution in [0.2, 0.25) is 0 Å². The maximum absolute atomic E-state index is 5.93. The van der Waals surface area contributed by atoms with Crippen molar-refractivity contribution >= 4 is 11.6 Å². The van der Waals surface area contributed by atoms with Crippen LogP contribution < -0.4 is 20.5 Å². The number of ether oxygens (including phenoxy) is 2. The van der Waals surface area contributed by atoms with E-state index in [9.17, 15) is 0 Å². The van der Waals surface area contributed by atoms with E-state index in [4.69, 9.17) is 19.6 Å². The fourth-order valence-corrected chi connectivity index (χ4v) is 1.97. The highest BCUT2D eigenvalue weighted by molar-refractivity contribution is 5.93. The lowest BCUT2D eigenvalue weighted by molar-refractivity contribution is 0.383. The second kappa shape index (κ2) is 7.25. The molecule has 1 aromatic heterocycles. The van der Waals surface area contributed by atoms with Gasteiger partial charge in [0.2, 0.25) is 5.89 Å². The van der Waals surface area contributed by atoms with Crippen molar-refractivity contribution in [2.24, 2.45) is 10.7 Å². The molecule has 1 heterocycles. The summed E-state index contributed by atoms with van der Waals surface area (Å²) < 4.78 is 16.2. The van der Waals surface area contributed by atoms with Crippen LogP contribution in [0.5, 0.6) is 11.5 Å². The predicted molar refractivity (Wildman–Crippen MR) is 93.7 cm³/mol. The number of hydrogen-bond donors (Lipinski definition) is 2. The third-order valence-corrected chi connectivity index (χ3v) is 3.35. The van der Waals surface area contributed by atoms with E-state index in [0.29, 0.717) is 23.1 Å². The SMILES string of the molecule is COc1ccc(OC)c(NC(N)=NCc2ncc(C(C)(C)C)o2)c1. The number of oxazole rings is 1. The van der Waals surface area contributed by atoms with Gasteiger partial charge in [0.25, 0.3) is 0 Å². The highest BCUT2D eigenvalue weighted by Crippen LogP contribution is 2.28. The van der Waals surface area contributed by atoms with Crippen LogP contribution in [0.25, 0.3) is 0 Å². The van der Waals surface area contributed by atoms with E-state index in [1.54, 1.807) is 38.6 Å². The number of guanidine groups is 1. The number of benzene rings is 1. The molecule has 7 nitrogen and oxygen atoms in total. The average Bonchev–Trinajstić information content (AvgIpc) is 3.02. The normalized spacial score (nSPS) is 12.1. The van der Waals surface area contributed by atoms with Gasteiger partial charge in [-0.2, -0.15) is 0 Å². The zero-order valence-corrected chi connectivity index (χ0v) is 14.7. The first-order valence-electron chi connectivity index (χ1n) is 7.57. The van der Waals surface area contributed by atoms with Crippen LogP contribution in [-0.2, 0) is 12.0 Å². The summed E-state index contributed by atoms with van der Waals surface area (Å²) >= 11 is 0. The Balaban J connectivity index is 2.08. The molecule has 0 saturated heterocycles. The van der Waals surface area contributed by atoms with Gasteiger partial charge < -0.3 is 24.9 Å². The molecule has 0 amide bonds. The summed E-state index contributed by atoms with van der Waals surface area (Å²) in [5.74, 6) is 2.89. The minimum absolute atomic E-state index is 0.0906. The second-order valence-corrected chi connectivity index (χ2v) is 6.26. The number of rotatable bonds is 5. The van der Waals surface area contributed by atoms with Crippen molar-refractivity contribution in [3.8, 4) is 11.5 Å². The number of aromatic nitrogens is 1. The zero-order chi connectivity index (χ0) is 17.7. The van der Waals surface area contributed by atoms with E-state index in [1.807, 2.05) is 0 Å². The Morgan fingerprint density at radius 3 is 2.62 bits per heavy atom. The molecule has 0 aliphatic rings. The van der Waals surface area contributed by atoms with E-state index >= 15 is 0 Å². The monoisotopic (exact) mass is 332 g/mol. The highest BCUT2D eigenvalue weighted by Gasteiger charge is 2.19. The Bertz CT molecular complexity index is 717. The van der Waals surface area contributed by atoms with Gasteiger partial charge in [-0.05, 0) is 12.1 Å². The van der Waals surface area contributed by atoms with Crippen LogP contribution in [0.1, 0.15) is 32.4 Å². The van der Waals surface area contributed by atoms with Crippen molar-refractivity contribution in [1.82, 2.24) is 4.98 Å². The lowest BCUT2D eigenvalue weighted by Crippen LogP contribution is -2.23. The third kappa shape index (κ3) is 4.41. The maximum Gasteiger partial charge on any atom is 0.216 e. The molecule has 0 unspecified atom stereocenters. The van der Waals surface area contributed by atoms with Gasteiger partial charge in [0.05, 0.1) is 26.1 Å². The number of anilines is 1. The third-order valence-electron chi connectivity index (χ3n) is 3.35. The minimum Gasteiger partial charge on any atom is -0.497 e. The average molecular weight is 332 g/mol. The Hall–Kier alpha value is -2.70. The molecule has 0 bridgehead atoms. The largest absolute Gasteiger partial charge is 0.497 e.